The first-order valence-corrected chi connectivity index (χ1v) is 18.6. The molecule has 5 N–H and O–H groups in total. The number of carbonyl (C=O) groups excluding carboxylic acids is 3. The van der Waals surface area contributed by atoms with Crippen molar-refractivity contribution in [3.05, 3.63) is 82.8 Å². The molecule has 4 aromatic rings. The number of para-hydroxylation sites is 1. The first-order valence-electron chi connectivity index (χ1n) is 14.9. The van der Waals surface area contributed by atoms with Gasteiger partial charge in [-0.3, -0.25) is 30.0 Å². The van der Waals surface area contributed by atoms with Gasteiger partial charge in [0.1, 0.15) is 0 Å². The van der Waals surface area contributed by atoms with Crippen molar-refractivity contribution in [1.29, 1.82) is 0 Å². The van der Waals surface area contributed by atoms with E-state index in [1.54, 1.807) is 21.7 Å². The van der Waals surface area contributed by atoms with Gasteiger partial charge in [0, 0.05) is 31.1 Å². The van der Waals surface area contributed by atoms with Crippen molar-refractivity contribution < 1.29 is 27.9 Å². The first-order chi connectivity index (χ1) is 23.1. The second kappa shape index (κ2) is 17.7. The summed E-state index contributed by atoms with van der Waals surface area (Å²) in [5, 5.41) is 15.7. The third kappa shape index (κ3) is 10.4. The van der Waals surface area contributed by atoms with E-state index in [9.17, 15) is 22.8 Å². The number of aliphatic hydroxyl groups excluding tert-OH is 1. The molecule has 0 spiro atoms. The van der Waals surface area contributed by atoms with Gasteiger partial charge in [0.2, 0.25) is 5.91 Å². The zero-order valence-electron chi connectivity index (χ0n) is 25.9. The van der Waals surface area contributed by atoms with E-state index in [1.165, 1.54) is 59.5 Å². The Morgan fingerprint density at radius 3 is 2.31 bits per heavy atom. The summed E-state index contributed by atoms with van der Waals surface area (Å²) in [6.07, 6.45) is 1.97. The zero-order chi connectivity index (χ0) is 34.5. The van der Waals surface area contributed by atoms with Crippen LogP contribution in [0.1, 0.15) is 26.2 Å². The van der Waals surface area contributed by atoms with E-state index in [-0.39, 0.29) is 35.4 Å². The predicted octanol–water partition coefficient (Wildman–Crippen LogP) is 4.33. The van der Waals surface area contributed by atoms with Crippen LogP contribution in [0.2, 0.25) is 0 Å². The topological polar surface area (TPSA) is 175 Å². The summed E-state index contributed by atoms with van der Waals surface area (Å²) in [6.45, 7) is 2.56. The Morgan fingerprint density at radius 1 is 0.958 bits per heavy atom. The average molecular weight is 730 g/mol. The third-order valence-corrected chi connectivity index (χ3v) is 10.4. The number of unbranched alkanes of at least 4 members (excludes halogenated alkanes) is 1. The molecule has 1 heterocycles. The summed E-state index contributed by atoms with van der Waals surface area (Å²) in [5.74, 6) is -1.78. The molecule has 0 bridgehead atoms. The number of sulfonamides is 1. The molecule has 17 heteroatoms. The molecule has 3 amide bonds. The minimum absolute atomic E-state index is 0.0106. The van der Waals surface area contributed by atoms with Crippen LogP contribution in [0.3, 0.4) is 0 Å². The molecule has 3 aromatic carbocycles. The summed E-state index contributed by atoms with van der Waals surface area (Å²) in [5.41, 5.74) is 6.92. The molecule has 0 aliphatic heterocycles. The van der Waals surface area contributed by atoms with Gasteiger partial charge in [-0.25, -0.2) is 13.1 Å². The van der Waals surface area contributed by atoms with Crippen LogP contribution in [0.4, 0.5) is 17.1 Å². The SMILES string of the molecule is CCCCN(C(=O)CSc1nn(-c2ccccc2)c(=S)s1)c1ccc(S(=O)(=O)Nc2ccc(NNC(=O)C(=O)NCCCO)cc2)cc1. The van der Waals surface area contributed by atoms with Gasteiger partial charge in [-0.1, -0.05) is 54.6 Å². The lowest BCUT2D eigenvalue weighted by Crippen LogP contribution is -2.42. The molecule has 4 rings (SSSR count). The van der Waals surface area contributed by atoms with Crippen molar-refractivity contribution in [2.45, 2.75) is 35.4 Å². The first kappa shape index (κ1) is 36.5. The van der Waals surface area contributed by atoms with Gasteiger partial charge in [-0.05, 0) is 85.7 Å². The monoisotopic (exact) mass is 729 g/mol. The lowest BCUT2D eigenvalue weighted by molar-refractivity contribution is -0.138. The van der Waals surface area contributed by atoms with Crippen LogP contribution < -0.4 is 25.8 Å². The number of hydrogen-bond acceptors (Lipinski definition) is 11. The largest absolute Gasteiger partial charge is 0.396 e. The second-order valence-corrected chi connectivity index (χ2v) is 14.7. The minimum Gasteiger partial charge on any atom is -0.396 e. The van der Waals surface area contributed by atoms with Crippen LogP contribution in [0.25, 0.3) is 5.69 Å². The molecule has 0 aliphatic carbocycles. The van der Waals surface area contributed by atoms with Crippen molar-refractivity contribution >= 4 is 80.1 Å². The number of nitrogens with zero attached hydrogens (tertiary/aromatic N) is 3. The molecule has 1 aromatic heterocycles. The van der Waals surface area contributed by atoms with Crippen LogP contribution in [0, 0.1) is 3.95 Å². The number of nitrogens with one attached hydrogen (secondary N) is 4. The van der Waals surface area contributed by atoms with Gasteiger partial charge >= 0.3 is 11.8 Å². The molecular formula is C31H35N7O6S4. The van der Waals surface area contributed by atoms with Gasteiger partial charge in [0.25, 0.3) is 10.0 Å². The lowest BCUT2D eigenvalue weighted by Gasteiger charge is -2.23. The maximum atomic E-state index is 13.4. The molecule has 0 fully saturated rings. The summed E-state index contributed by atoms with van der Waals surface area (Å²) >= 11 is 8.11. The minimum atomic E-state index is -3.96. The molecule has 0 saturated carbocycles. The number of hydrogen-bond donors (Lipinski definition) is 5. The molecule has 13 nitrogen and oxygen atoms in total. The molecule has 0 atom stereocenters. The average Bonchev–Trinajstić information content (AvgIpc) is 3.47. The Hall–Kier alpha value is -4.29. The highest BCUT2D eigenvalue weighted by Crippen LogP contribution is 2.27. The Labute approximate surface area is 291 Å². The van der Waals surface area contributed by atoms with Gasteiger partial charge < -0.3 is 15.3 Å². The maximum absolute atomic E-state index is 13.4. The van der Waals surface area contributed by atoms with Crippen LogP contribution in [0.5, 0.6) is 0 Å². The van der Waals surface area contributed by atoms with Crippen LogP contribution in [0.15, 0.2) is 88.1 Å². The second-order valence-electron chi connectivity index (χ2n) is 10.2. The van der Waals surface area contributed by atoms with E-state index in [4.69, 9.17) is 17.3 Å². The Bertz CT molecular complexity index is 1850. The molecule has 0 saturated heterocycles. The Balaban J connectivity index is 1.35. The van der Waals surface area contributed by atoms with Crippen molar-refractivity contribution in [1.82, 2.24) is 20.5 Å². The number of amides is 3. The predicted molar refractivity (Wildman–Crippen MR) is 190 cm³/mol. The standard InChI is InChI=1S/C31H35N7O6S4/c1-2-3-19-37(27(40)21-46-30-35-38(31(45)47-30)25-8-5-4-6-9-25)24-14-16-26(17-15-24)48(43,44)36-23-12-10-22(11-13-23)33-34-29(42)28(41)32-18-7-20-39/h4-6,8-17,33,36,39H,2-3,7,18-21H2,1H3,(H,32,41)(H,34,42). The van der Waals surface area contributed by atoms with E-state index in [2.05, 4.69) is 26.0 Å². The lowest BCUT2D eigenvalue weighted by atomic mass is 10.2. The smallest absolute Gasteiger partial charge is 0.327 e. The summed E-state index contributed by atoms with van der Waals surface area (Å²) in [7, 11) is -3.96. The molecular weight excluding hydrogens is 695 g/mol. The van der Waals surface area contributed by atoms with Crippen molar-refractivity contribution in [2.24, 2.45) is 0 Å². The van der Waals surface area contributed by atoms with Gasteiger partial charge in [-0.2, -0.15) is 0 Å². The van der Waals surface area contributed by atoms with Crippen LogP contribution >= 0.6 is 35.3 Å². The van der Waals surface area contributed by atoms with Crippen molar-refractivity contribution in [3.63, 3.8) is 0 Å². The molecule has 48 heavy (non-hydrogen) atoms. The highest BCUT2D eigenvalue weighted by atomic mass is 32.2. The fourth-order valence-electron chi connectivity index (χ4n) is 4.15. The quantitative estimate of drug-likeness (QED) is 0.0367. The van der Waals surface area contributed by atoms with E-state index in [0.717, 1.165) is 18.5 Å². The highest BCUT2D eigenvalue weighted by molar-refractivity contribution is 8.01. The highest BCUT2D eigenvalue weighted by Gasteiger charge is 2.20. The van der Waals surface area contributed by atoms with Gasteiger partial charge in [-0.15, -0.1) is 5.10 Å². The molecule has 0 aliphatic rings. The number of benzene rings is 3. The Kier molecular flexibility index (Phi) is 13.5. The van der Waals surface area contributed by atoms with Crippen molar-refractivity contribution in [2.75, 3.05) is 40.5 Å². The normalized spacial score (nSPS) is 11.0. The van der Waals surface area contributed by atoms with Crippen LogP contribution in [-0.2, 0) is 24.4 Å². The van der Waals surface area contributed by atoms with Gasteiger partial charge in [0.15, 0.2) is 8.29 Å². The fraction of sp³-hybridized carbons (Fsp3) is 0.258. The maximum Gasteiger partial charge on any atom is 0.327 e. The zero-order valence-corrected chi connectivity index (χ0v) is 29.2. The number of hydrazine groups is 1. The Morgan fingerprint density at radius 2 is 1.65 bits per heavy atom. The van der Waals surface area contributed by atoms with Crippen molar-refractivity contribution in [3.8, 4) is 5.69 Å². The number of thioether (sulfide) groups is 1. The van der Waals surface area contributed by atoms with E-state index in [1.807, 2.05) is 37.3 Å². The molecule has 0 unspecified atom stereocenters. The number of aromatic nitrogens is 2. The van der Waals surface area contributed by atoms with Gasteiger partial charge in [0.05, 0.1) is 22.0 Å². The number of rotatable bonds is 16. The van der Waals surface area contributed by atoms with Crippen LogP contribution in [-0.4, -0.2) is 66.5 Å². The number of aliphatic hydroxyl groups is 1. The summed E-state index contributed by atoms with van der Waals surface area (Å²) in [4.78, 5) is 38.6. The third-order valence-electron chi connectivity index (χ3n) is 6.63. The summed E-state index contributed by atoms with van der Waals surface area (Å²) in [6, 6.07) is 21.7. The number of anilines is 3. The molecule has 254 valence electrons. The summed E-state index contributed by atoms with van der Waals surface area (Å²) < 4.78 is 31.7. The number of carbonyl (C=O) groups is 3. The van der Waals surface area contributed by atoms with E-state index < -0.39 is 21.8 Å². The van der Waals surface area contributed by atoms with E-state index in [0.29, 0.717) is 32.6 Å². The molecule has 0 radical (unpaired) electrons. The fourth-order valence-corrected chi connectivity index (χ4v) is 7.45. The van der Waals surface area contributed by atoms with E-state index >= 15 is 0 Å².